The molecule has 1 amide bonds. The number of fused-ring (bicyclic) bond motifs is 1. The number of para-hydroxylation sites is 1. The molecule has 2 atom stereocenters. The topological polar surface area (TPSA) is 20.3 Å². The van der Waals surface area contributed by atoms with Gasteiger partial charge in [0.25, 0.3) is 0 Å². The fraction of sp³-hybridized carbons (Fsp3) is 0.160. The summed E-state index contributed by atoms with van der Waals surface area (Å²) in [5.41, 5.74) is 3.87. The molecular weight excluding hydrogens is 362 g/mol. The number of nitrogens with zero attached hydrogens (tertiary/aromatic N) is 1. The molecule has 0 saturated heterocycles. The van der Waals surface area contributed by atoms with Crippen LogP contribution in [0.3, 0.4) is 0 Å². The van der Waals surface area contributed by atoms with Crippen LogP contribution in [0.5, 0.6) is 0 Å². The van der Waals surface area contributed by atoms with Gasteiger partial charge in [0.15, 0.2) is 0 Å². The van der Waals surface area contributed by atoms with Crippen LogP contribution < -0.4 is 4.90 Å². The third-order valence-corrected chi connectivity index (χ3v) is 7.72. The molecule has 1 heterocycles. The maximum atomic E-state index is 13.7. The molecule has 0 aromatic heterocycles. The maximum Gasteiger partial charge on any atom is 0.244 e. The number of amides is 1. The fourth-order valence-electron chi connectivity index (χ4n) is 4.61. The summed E-state index contributed by atoms with van der Waals surface area (Å²) in [5, 5.41) is 0. The van der Waals surface area contributed by atoms with Crippen molar-refractivity contribution in [1.29, 1.82) is 0 Å². The first-order valence-electron chi connectivity index (χ1n) is 9.47. The Morgan fingerprint density at radius 3 is 2.25 bits per heavy atom. The Bertz CT molecular complexity index is 1080. The SMILES string of the molecule is C=C(c1ccccc1)[C@]1(c2ccccc2)C[C@]12Sc1ccccc1N(C)C2=O. The normalized spacial score (nSPS) is 25.5. The van der Waals surface area contributed by atoms with Gasteiger partial charge in [-0.1, -0.05) is 79.4 Å². The highest BCUT2D eigenvalue weighted by Crippen LogP contribution is 2.74. The van der Waals surface area contributed by atoms with Crippen molar-refractivity contribution in [2.75, 3.05) is 11.9 Å². The van der Waals surface area contributed by atoms with Crippen LogP contribution in [-0.4, -0.2) is 17.7 Å². The molecule has 138 valence electrons. The van der Waals surface area contributed by atoms with Crippen molar-refractivity contribution in [3.63, 3.8) is 0 Å². The van der Waals surface area contributed by atoms with Crippen molar-refractivity contribution in [2.45, 2.75) is 21.5 Å². The highest BCUT2D eigenvalue weighted by atomic mass is 32.2. The van der Waals surface area contributed by atoms with Gasteiger partial charge in [0.1, 0.15) is 4.75 Å². The molecular formula is C25H21NOS. The van der Waals surface area contributed by atoms with Gasteiger partial charge in [0, 0.05) is 17.4 Å². The molecule has 1 saturated carbocycles. The summed E-state index contributed by atoms with van der Waals surface area (Å²) >= 11 is 1.71. The van der Waals surface area contributed by atoms with Crippen molar-refractivity contribution in [1.82, 2.24) is 0 Å². The Kier molecular flexibility index (Phi) is 3.78. The van der Waals surface area contributed by atoms with Crippen molar-refractivity contribution >= 4 is 28.9 Å². The second-order valence-corrected chi connectivity index (χ2v) is 8.89. The lowest BCUT2D eigenvalue weighted by molar-refractivity contribution is -0.118. The third kappa shape index (κ3) is 2.20. The van der Waals surface area contributed by atoms with E-state index in [0.717, 1.165) is 33.7 Å². The van der Waals surface area contributed by atoms with E-state index in [4.69, 9.17) is 0 Å². The van der Waals surface area contributed by atoms with Crippen LogP contribution in [0, 0.1) is 0 Å². The van der Waals surface area contributed by atoms with Gasteiger partial charge in [-0.25, -0.2) is 0 Å². The van der Waals surface area contributed by atoms with E-state index in [0.29, 0.717) is 0 Å². The van der Waals surface area contributed by atoms with Crippen LogP contribution in [0.2, 0.25) is 0 Å². The number of carbonyl (C=O) groups is 1. The predicted molar refractivity (Wildman–Crippen MR) is 117 cm³/mol. The molecule has 0 radical (unpaired) electrons. The first-order valence-corrected chi connectivity index (χ1v) is 10.3. The van der Waals surface area contributed by atoms with Gasteiger partial charge in [-0.05, 0) is 35.3 Å². The molecule has 0 bridgehead atoms. The monoisotopic (exact) mass is 383 g/mol. The minimum atomic E-state index is -0.551. The fourth-order valence-corrected chi connectivity index (χ4v) is 6.37. The van der Waals surface area contributed by atoms with Gasteiger partial charge in [-0.3, -0.25) is 4.79 Å². The molecule has 3 heteroatoms. The standard InChI is InChI=1S/C25H21NOS/c1-18(19-11-5-3-6-12-19)24(20-13-7-4-8-14-20)17-25(24)23(27)26(2)21-15-9-10-16-22(21)28-25/h3-16H,1,17H2,2H3/t24-,25+/m0/s1. The predicted octanol–water partition coefficient (Wildman–Crippen LogP) is 5.55. The zero-order valence-electron chi connectivity index (χ0n) is 15.8. The van der Waals surface area contributed by atoms with Gasteiger partial charge in [0.2, 0.25) is 5.91 Å². The highest BCUT2D eigenvalue weighted by molar-refractivity contribution is 8.02. The highest BCUT2D eigenvalue weighted by Gasteiger charge is 2.76. The average molecular weight is 384 g/mol. The minimum Gasteiger partial charge on any atom is -0.313 e. The van der Waals surface area contributed by atoms with Gasteiger partial charge >= 0.3 is 0 Å². The Labute approximate surface area is 169 Å². The summed E-state index contributed by atoms with van der Waals surface area (Å²) in [6.45, 7) is 4.52. The second kappa shape index (κ2) is 6.11. The van der Waals surface area contributed by atoms with Crippen LogP contribution >= 0.6 is 11.8 Å². The quantitative estimate of drug-likeness (QED) is 0.591. The lowest BCUT2D eigenvalue weighted by Crippen LogP contribution is -2.44. The minimum absolute atomic E-state index is 0.164. The van der Waals surface area contributed by atoms with E-state index in [1.807, 2.05) is 54.4 Å². The Hall–Kier alpha value is -2.78. The molecule has 2 aliphatic rings. The lowest BCUT2D eigenvalue weighted by Gasteiger charge is -2.35. The lowest BCUT2D eigenvalue weighted by atomic mass is 9.82. The molecule has 1 spiro atoms. The van der Waals surface area contributed by atoms with E-state index in [1.165, 1.54) is 0 Å². The largest absolute Gasteiger partial charge is 0.313 e. The van der Waals surface area contributed by atoms with Crippen LogP contribution in [0.25, 0.3) is 5.57 Å². The molecule has 28 heavy (non-hydrogen) atoms. The van der Waals surface area contributed by atoms with Gasteiger partial charge in [0.05, 0.1) is 5.69 Å². The maximum absolute atomic E-state index is 13.7. The molecule has 0 unspecified atom stereocenters. The summed E-state index contributed by atoms with van der Waals surface area (Å²) < 4.78 is -0.551. The van der Waals surface area contributed by atoms with Crippen molar-refractivity contribution in [2.24, 2.45) is 0 Å². The molecule has 0 N–H and O–H groups in total. The Morgan fingerprint density at radius 2 is 1.54 bits per heavy atom. The summed E-state index contributed by atoms with van der Waals surface area (Å²) in [6.07, 6.45) is 0.764. The number of hydrogen-bond donors (Lipinski definition) is 0. The zero-order valence-corrected chi connectivity index (χ0v) is 16.6. The van der Waals surface area contributed by atoms with Crippen LogP contribution in [0.1, 0.15) is 17.5 Å². The number of benzene rings is 3. The Balaban J connectivity index is 1.69. The molecule has 3 aromatic carbocycles. The third-order valence-electron chi connectivity index (χ3n) is 6.14. The number of carbonyl (C=O) groups excluding carboxylic acids is 1. The van der Waals surface area contributed by atoms with E-state index in [-0.39, 0.29) is 5.91 Å². The van der Waals surface area contributed by atoms with Gasteiger partial charge < -0.3 is 4.90 Å². The first-order chi connectivity index (χ1) is 13.6. The molecule has 3 aromatic rings. The van der Waals surface area contributed by atoms with E-state index >= 15 is 0 Å². The van der Waals surface area contributed by atoms with Crippen molar-refractivity contribution in [3.8, 4) is 0 Å². The van der Waals surface area contributed by atoms with E-state index < -0.39 is 10.2 Å². The number of allylic oxidation sites excluding steroid dienone is 1. The van der Waals surface area contributed by atoms with E-state index in [2.05, 4.69) is 49.0 Å². The van der Waals surface area contributed by atoms with E-state index in [1.54, 1.807) is 11.8 Å². The smallest absolute Gasteiger partial charge is 0.244 e. The Morgan fingerprint density at radius 1 is 0.929 bits per heavy atom. The number of hydrogen-bond acceptors (Lipinski definition) is 2. The van der Waals surface area contributed by atoms with E-state index in [9.17, 15) is 4.79 Å². The number of thioether (sulfide) groups is 1. The summed E-state index contributed by atoms with van der Waals surface area (Å²) in [5.74, 6) is 0.164. The molecule has 5 rings (SSSR count). The average Bonchev–Trinajstić information content (AvgIpc) is 3.43. The number of rotatable bonds is 3. The first kappa shape index (κ1) is 17.3. The van der Waals surface area contributed by atoms with Crippen molar-refractivity contribution in [3.05, 3.63) is 103 Å². The molecule has 2 nitrogen and oxygen atoms in total. The summed E-state index contributed by atoms with van der Waals surface area (Å²) in [6, 6.07) is 28.8. The zero-order chi connectivity index (χ0) is 19.4. The molecule has 1 aliphatic heterocycles. The molecule has 1 aliphatic carbocycles. The number of anilines is 1. The molecule has 1 fully saturated rings. The van der Waals surface area contributed by atoms with Crippen molar-refractivity contribution < 1.29 is 4.79 Å². The van der Waals surface area contributed by atoms with Gasteiger partial charge in [-0.15, -0.1) is 11.8 Å². The summed E-state index contributed by atoms with van der Waals surface area (Å²) in [4.78, 5) is 16.6. The van der Waals surface area contributed by atoms with Crippen LogP contribution in [0.4, 0.5) is 5.69 Å². The second-order valence-electron chi connectivity index (χ2n) is 7.55. The van der Waals surface area contributed by atoms with Gasteiger partial charge in [-0.2, -0.15) is 0 Å². The summed E-state index contributed by atoms with van der Waals surface area (Å²) in [7, 11) is 1.89. The van der Waals surface area contributed by atoms with Crippen LogP contribution in [-0.2, 0) is 10.2 Å². The van der Waals surface area contributed by atoms with Crippen LogP contribution in [0.15, 0.2) is 96.4 Å².